The molecule has 1 heterocycles. The van der Waals surface area contributed by atoms with Crippen LogP contribution in [0.5, 0.6) is 0 Å². The maximum atomic E-state index is 12.0. The van der Waals surface area contributed by atoms with Crippen molar-refractivity contribution < 1.29 is 14.7 Å². The molecule has 0 radical (unpaired) electrons. The van der Waals surface area contributed by atoms with E-state index in [0.717, 1.165) is 29.7 Å². The molecule has 6 nitrogen and oxygen atoms in total. The van der Waals surface area contributed by atoms with Crippen LogP contribution in [0.3, 0.4) is 0 Å². The standard InChI is InChI=1S/C24H33N3O3/c1-14(2)19-11-17(12-21-26-20-7-5-6-15(3)24(20)27-21)16(4)10-18(19)13-25-22(28)8-9-23(29)30/h5-7,10,14,17-19H,8-9,11-13H2,1-4H3,(H,25,28)(H,26,27)(H,29,30). The van der Waals surface area contributed by atoms with Gasteiger partial charge in [-0.3, -0.25) is 9.59 Å². The number of carbonyl (C=O) groups is 2. The molecule has 1 aliphatic carbocycles. The lowest BCUT2D eigenvalue weighted by molar-refractivity contribution is -0.138. The molecule has 1 aliphatic rings. The molecule has 0 saturated carbocycles. The third-order valence-corrected chi connectivity index (χ3v) is 6.39. The van der Waals surface area contributed by atoms with Crippen molar-refractivity contribution in [2.24, 2.45) is 23.7 Å². The number of para-hydroxylation sites is 1. The molecule has 0 bridgehead atoms. The minimum absolute atomic E-state index is 0.0329. The van der Waals surface area contributed by atoms with Crippen LogP contribution in [0.25, 0.3) is 11.0 Å². The van der Waals surface area contributed by atoms with Gasteiger partial charge >= 0.3 is 5.97 Å². The van der Waals surface area contributed by atoms with Crippen LogP contribution in [0.4, 0.5) is 0 Å². The summed E-state index contributed by atoms with van der Waals surface area (Å²) in [6.07, 6.45) is 4.16. The van der Waals surface area contributed by atoms with Gasteiger partial charge in [0.2, 0.25) is 5.91 Å². The van der Waals surface area contributed by atoms with E-state index < -0.39 is 5.97 Å². The average Bonchev–Trinajstić information content (AvgIpc) is 3.10. The zero-order valence-electron chi connectivity index (χ0n) is 18.4. The molecule has 0 fully saturated rings. The van der Waals surface area contributed by atoms with E-state index in [9.17, 15) is 9.59 Å². The molecule has 6 heteroatoms. The van der Waals surface area contributed by atoms with E-state index in [-0.39, 0.29) is 24.7 Å². The van der Waals surface area contributed by atoms with E-state index in [1.807, 2.05) is 0 Å². The molecule has 2 aromatic rings. The van der Waals surface area contributed by atoms with Crippen LogP contribution in [0, 0.1) is 30.6 Å². The van der Waals surface area contributed by atoms with E-state index in [0.29, 0.717) is 24.3 Å². The van der Waals surface area contributed by atoms with Crippen LogP contribution in [0.1, 0.15) is 51.4 Å². The lowest BCUT2D eigenvalue weighted by Crippen LogP contribution is -2.37. The second-order valence-corrected chi connectivity index (χ2v) is 8.97. The molecule has 3 unspecified atom stereocenters. The fraction of sp³-hybridized carbons (Fsp3) is 0.542. The fourth-order valence-electron chi connectivity index (χ4n) is 4.60. The lowest BCUT2D eigenvalue weighted by atomic mass is 9.69. The number of aryl methyl sites for hydroxylation is 1. The molecule has 3 atom stereocenters. The maximum Gasteiger partial charge on any atom is 0.303 e. The number of carboxylic acid groups (broad SMARTS) is 1. The first kappa shape index (κ1) is 22.1. The smallest absolute Gasteiger partial charge is 0.303 e. The molecule has 0 spiro atoms. The topological polar surface area (TPSA) is 95.1 Å². The zero-order valence-corrected chi connectivity index (χ0v) is 18.4. The molecule has 1 aromatic heterocycles. The summed E-state index contributed by atoms with van der Waals surface area (Å²) in [5.41, 5.74) is 4.66. The normalized spacial score (nSPS) is 21.6. The first-order valence-electron chi connectivity index (χ1n) is 10.9. The largest absolute Gasteiger partial charge is 0.481 e. The second-order valence-electron chi connectivity index (χ2n) is 8.97. The minimum atomic E-state index is -0.942. The molecule has 30 heavy (non-hydrogen) atoms. The van der Waals surface area contributed by atoms with E-state index >= 15 is 0 Å². The summed E-state index contributed by atoms with van der Waals surface area (Å²) >= 11 is 0. The fourth-order valence-corrected chi connectivity index (χ4v) is 4.60. The van der Waals surface area contributed by atoms with Gasteiger partial charge in [-0.1, -0.05) is 37.6 Å². The predicted octanol–water partition coefficient (Wildman–Crippen LogP) is 4.25. The van der Waals surface area contributed by atoms with Gasteiger partial charge in [0.05, 0.1) is 17.5 Å². The first-order valence-corrected chi connectivity index (χ1v) is 10.9. The zero-order chi connectivity index (χ0) is 21.8. The number of fused-ring (bicyclic) bond motifs is 1. The summed E-state index contributed by atoms with van der Waals surface area (Å²) in [6.45, 7) is 9.30. The van der Waals surface area contributed by atoms with Gasteiger partial charge in [0.1, 0.15) is 5.82 Å². The number of aliphatic carboxylic acids is 1. The van der Waals surface area contributed by atoms with Gasteiger partial charge in [-0.25, -0.2) is 4.98 Å². The van der Waals surface area contributed by atoms with Crippen molar-refractivity contribution in [3.8, 4) is 0 Å². The van der Waals surface area contributed by atoms with Crippen molar-refractivity contribution in [2.45, 2.75) is 53.4 Å². The van der Waals surface area contributed by atoms with Crippen LogP contribution >= 0.6 is 0 Å². The van der Waals surface area contributed by atoms with Crippen LogP contribution in [-0.4, -0.2) is 33.5 Å². The van der Waals surface area contributed by atoms with E-state index in [2.05, 4.69) is 62.3 Å². The van der Waals surface area contributed by atoms with Crippen LogP contribution in [0.2, 0.25) is 0 Å². The molecule has 1 amide bonds. The quantitative estimate of drug-likeness (QED) is 0.566. The van der Waals surface area contributed by atoms with Gasteiger partial charge in [-0.2, -0.15) is 0 Å². The van der Waals surface area contributed by atoms with E-state index in [1.54, 1.807) is 0 Å². The number of aromatic amines is 1. The van der Waals surface area contributed by atoms with Crippen molar-refractivity contribution >= 4 is 22.9 Å². The summed E-state index contributed by atoms with van der Waals surface area (Å²) in [5.74, 6) is 1.55. The number of allylic oxidation sites excluding steroid dienone is 1. The summed E-state index contributed by atoms with van der Waals surface area (Å²) in [4.78, 5) is 30.9. The van der Waals surface area contributed by atoms with Gasteiger partial charge in [0.25, 0.3) is 0 Å². The van der Waals surface area contributed by atoms with Crippen molar-refractivity contribution in [1.29, 1.82) is 0 Å². The predicted molar refractivity (Wildman–Crippen MR) is 118 cm³/mol. The Hall–Kier alpha value is -2.63. The molecular formula is C24H33N3O3. The lowest BCUT2D eigenvalue weighted by Gasteiger charge is -2.37. The summed E-state index contributed by atoms with van der Waals surface area (Å²) in [5, 5.41) is 11.7. The number of benzene rings is 1. The van der Waals surface area contributed by atoms with E-state index in [4.69, 9.17) is 10.1 Å². The molecule has 162 valence electrons. The van der Waals surface area contributed by atoms with Crippen molar-refractivity contribution in [3.05, 3.63) is 41.2 Å². The second kappa shape index (κ2) is 9.45. The molecule has 0 saturated heterocycles. The van der Waals surface area contributed by atoms with Crippen LogP contribution in [-0.2, 0) is 16.0 Å². The molecule has 1 aromatic carbocycles. The molecule has 3 N–H and O–H groups in total. The Balaban J connectivity index is 1.69. The number of imidazole rings is 1. The number of nitrogens with one attached hydrogen (secondary N) is 2. The number of nitrogens with zero attached hydrogens (tertiary/aromatic N) is 1. The maximum absolute atomic E-state index is 12.0. The van der Waals surface area contributed by atoms with Crippen LogP contribution < -0.4 is 5.32 Å². The number of carboxylic acids is 1. The van der Waals surface area contributed by atoms with Crippen LogP contribution in [0.15, 0.2) is 29.8 Å². The number of H-pyrrole nitrogens is 1. The van der Waals surface area contributed by atoms with Crippen molar-refractivity contribution in [3.63, 3.8) is 0 Å². The van der Waals surface area contributed by atoms with Gasteiger partial charge in [-0.15, -0.1) is 0 Å². The molecule has 0 aliphatic heterocycles. The number of hydrogen-bond donors (Lipinski definition) is 3. The Labute approximate surface area is 178 Å². The molecule has 3 rings (SSSR count). The highest BCUT2D eigenvalue weighted by Gasteiger charge is 2.32. The Bertz CT molecular complexity index is 944. The number of rotatable bonds is 8. The Morgan fingerprint density at radius 3 is 2.70 bits per heavy atom. The first-order chi connectivity index (χ1) is 14.2. The van der Waals surface area contributed by atoms with Gasteiger partial charge in [0, 0.05) is 19.4 Å². The summed E-state index contributed by atoms with van der Waals surface area (Å²) < 4.78 is 0. The highest BCUT2D eigenvalue weighted by Crippen LogP contribution is 2.38. The van der Waals surface area contributed by atoms with E-state index in [1.165, 1.54) is 11.1 Å². The summed E-state index contributed by atoms with van der Waals surface area (Å²) in [6, 6.07) is 6.21. The SMILES string of the molecule is CC1=CC(CNC(=O)CCC(=O)O)C(C(C)C)CC1Cc1nc2c(C)cccc2[nH]1. The third-order valence-electron chi connectivity index (χ3n) is 6.39. The van der Waals surface area contributed by atoms with Gasteiger partial charge < -0.3 is 15.4 Å². The van der Waals surface area contributed by atoms with Gasteiger partial charge in [-0.05, 0) is 55.6 Å². The Morgan fingerprint density at radius 1 is 1.27 bits per heavy atom. The number of amides is 1. The number of carbonyl (C=O) groups excluding carboxylic acids is 1. The van der Waals surface area contributed by atoms with Gasteiger partial charge in [0.15, 0.2) is 0 Å². The summed E-state index contributed by atoms with van der Waals surface area (Å²) in [7, 11) is 0. The third kappa shape index (κ3) is 5.29. The number of hydrogen-bond acceptors (Lipinski definition) is 3. The monoisotopic (exact) mass is 411 g/mol. The minimum Gasteiger partial charge on any atom is -0.481 e. The van der Waals surface area contributed by atoms with Crippen molar-refractivity contribution in [2.75, 3.05) is 6.54 Å². The Morgan fingerprint density at radius 2 is 2.03 bits per heavy atom. The molecular weight excluding hydrogens is 378 g/mol. The highest BCUT2D eigenvalue weighted by atomic mass is 16.4. The average molecular weight is 412 g/mol. The number of aromatic nitrogens is 2. The Kier molecular flexibility index (Phi) is 6.95. The highest BCUT2D eigenvalue weighted by molar-refractivity contribution is 5.80. The van der Waals surface area contributed by atoms with Crippen molar-refractivity contribution in [1.82, 2.24) is 15.3 Å².